The fraction of sp³-hybridized carbons (Fsp3) is 0.900. The van der Waals surface area contributed by atoms with Crippen molar-refractivity contribution in [1.29, 1.82) is 0 Å². The fourth-order valence-electron chi connectivity index (χ4n) is 1.33. The molecule has 5 nitrogen and oxygen atoms in total. The fourth-order valence-corrected chi connectivity index (χ4v) is 1.82. The van der Waals surface area contributed by atoms with E-state index in [1.807, 2.05) is 16.4 Å². The summed E-state index contributed by atoms with van der Waals surface area (Å²) >= 11 is 1.88. The Kier molecular flexibility index (Phi) is 6.40. The molecule has 1 aromatic rings. The van der Waals surface area contributed by atoms with E-state index in [9.17, 15) is 0 Å². The van der Waals surface area contributed by atoms with Gasteiger partial charge in [-0.1, -0.05) is 13.8 Å². The van der Waals surface area contributed by atoms with Gasteiger partial charge in [0.15, 0.2) is 5.82 Å². The average Bonchev–Trinajstić information content (AvgIpc) is 2.69. The predicted molar refractivity (Wildman–Crippen MR) is 67.4 cm³/mol. The molecule has 1 N–H and O–H groups in total. The van der Waals surface area contributed by atoms with Gasteiger partial charge in [-0.15, -0.1) is 5.10 Å². The molecule has 0 aliphatic heterocycles. The second kappa shape index (κ2) is 7.62. The van der Waals surface area contributed by atoms with Gasteiger partial charge in [0.1, 0.15) is 0 Å². The maximum atomic E-state index is 4.02. The molecule has 0 aliphatic carbocycles. The third-order valence-corrected chi connectivity index (χ3v) is 2.94. The molecule has 0 fully saturated rings. The third-order valence-electron chi connectivity index (χ3n) is 2.24. The van der Waals surface area contributed by atoms with E-state index >= 15 is 0 Å². The van der Waals surface area contributed by atoms with E-state index in [2.05, 4.69) is 40.9 Å². The van der Waals surface area contributed by atoms with Crippen LogP contribution in [0.5, 0.6) is 0 Å². The van der Waals surface area contributed by atoms with E-state index in [4.69, 9.17) is 0 Å². The van der Waals surface area contributed by atoms with E-state index < -0.39 is 0 Å². The van der Waals surface area contributed by atoms with Crippen LogP contribution in [0.4, 0.5) is 0 Å². The van der Waals surface area contributed by atoms with E-state index in [1.54, 1.807) is 0 Å². The zero-order valence-corrected chi connectivity index (χ0v) is 11.1. The molecular formula is C10H21N5S. The van der Waals surface area contributed by atoms with Gasteiger partial charge in [-0.3, -0.25) is 0 Å². The highest BCUT2D eigenvalue weighted by Crippen LogP contribution is 2.02. The molecule has 0 bridgehead atoms. The lowest BCUT2D eigenvalue weighted by Crippen LogP contribution is -2.24. The number of unbranched alkanes of at least 4 members (excludes halogenated alkanes) is 1. The van der Waals surface area contributed by atoms with Crippen LogP contribution in [0.2, 0.25) is 0 Å². The molecule has 0 aliphatic rings. The van der Waals surface area contributed by atoms with Crippen LogP contribution in [0, 0.1) is 0 Å². The van der Waals surface area contributed by atoms with Crippen molar-refractivity contribution < 1.29 is 0 Å². The molecule has 0 amide bonds. The first-order chi connectivity index (χ1) is 7.74. The number of thioether (sulfide) groups is 1. The smallest absolute Gasteiger partial charge is 0.165 e. The summed E-state index contributed by atoms with van der Waals surface area (Å²) in [4.78, 5) is 0. The standard InChI is InChI=1S/C10H21N5S/c1-9(2)11-8-10-12-13-14-15(10)6-4-5-7-16-3/h9,11H,4-8H2,1-3H3. The van der Waals surface area contributed by atoms with Crippen molar-refractivity contribution in [1.82, 2.24) is 25.5 Å². The van der Waals surface area contributed by atoms with E-state index in [-0.39, 0.29) is 0 Å². The van der Waals surface area contributed by atoms with Gasteiger partial charge >= 0.3 is 0 Å². The van der Waals surface area contributed by atoms with Gasteiger partial charge in [0.2, 0.25) is 0 Å². The quantitative estimate of drug-likeness (QED) is 0.698. The zero-order chi connectivity index (χ0) is 11.8. The highest BCUT2D eigenvalue weighted by molar-refractivity contribution is 7.98. The molecule has 0 saturated carbocycles. The van der Waals surface area contributed by atoms with Gasteiger partial charge in [-0.05, 0) is 35.3 Å². The number of aromatic nitrogens is 4. The van der Waals surface area contributed by atoms with Crippen LogP contribution in [0.25, 0.3) is 0 Å². The molecule has 0 spiro atoms. The molecule has 1 heterocycles. The summed E-state index contributed by atoms with van der Waals surface area (Å²) in [7, 11) is 0. The normalized spacial score (nSPS) is 11.2. The van der Waals surface area contributed by atoms with Gasteiger partial charge in [0, 0.05) is 12.6 Å². The van der Waals surface area contributed by atoms with Crippen LogP contribution >= 0.6 is 11.8 Å². The summed E-state index contributed by atoms with van der Waals surface area (Å²) in [6, 6.07) is 0.460. The summed E-state index contributed by atoms with van der Waals surface area (Å²) in [5, 5.41) is 15.1. The lowest BCUT2D eigenvalue weighted by Gasteiger charge is -2.08. The lowest BCUT2D eigenvalue weighted by atomic mass is 10.3. The SMILES string of the molecule is CSCCCCn1nnnc1CNC(C)C. The summed E-state index contributed by atoms with van der Waals surface area (Å²) in [5.41, 5.74) is 0. The minimum absolute atomic E-state index is 0.460. The van der Waals surface area contributed by atoms with Gasteiger partial charge in [0.05, 0.1) is 6.54 Å². The molecule has 16 heavy (non-hydrogen) atoms. The number of aryl methyl sites for hydroxylation is 1. The number of nitrogens with one attached hydrogen (secondary N) is 1. The van der Waals surface area contributed by atoms with Crippen molar-refractivity contribution in [3.63, 3.8) is 0 Å². The topological polar surface area (TPSA) is 55.6 Å². The van der Waals surface area contributed by atoms with Crippen LogP contribution < -0.4 is 5.32 Å². The van der Waals surface area contributed by atoms with Crippen molar-refractivity contribution in [2.45, 2.75) is 45.8 Å². The van der Waals surface area contributed by atoms with Crippen LogP contribution in [0.3, 0.4) is 0 Å². The Morgan fingerprint density at radius 3 is 2.88 bits per heavy atom. The Morgan fingerprint density at radius 2 is 2.19 bits per heavy atom. The van der Waals surface area contributed by atoms with Crippen molar-refractivity contribution >= 4 is 11.8 Å². The van der Waals surface area contributed by atoms with Gasteiger partial charge < -0.3 is 5.32 Å². The Bertz CT molecular complexity index is 286. The Labute approximate surface area is 101 Å². The predicted octanol–water partition coefficient (Wildman–Crippen LogP) is 1.31. The first kappa shape index (κ1) is 13.4. The number of tetrazole rings is 1. The van der Waals surface area contributed by atoms with Crippen molar-refractivity contribution in [2.75, 3.05) is 12.0 Å². The van der Waals surface area contributed by atoms with E-state index in [0.29, 0.717) is 6.04 Å². The Hall–Kier alpha value is -0.620. The maximum absolute atomic E-state index is 4.02. The molecule has 6 heteroatoms. The molecule has 0 aromatic carbocycles. The van der Waals surface area contributed by atoms with Crippen LogP contribution in [0.15, 0.2) is 0 Å². The van der Waals surface area contributed by atoms with Crippen LogP contribution in [0.1, 0.15) is 32.5 Å². The molecule has 0 atom stereocenters. The summed E-state index contributed by atoms with van der Waals surface area (Å²) in [5.74, 6) is 2.14. The molecule has 92 valence electrons. The minimum Gasteiger partial charge on any atom is -0.308 e. The lowest BCUT2D eigenvalue weighted by molar-refractivity contribution is 0.501. The second-order valence-corrected chi connectivity index (χ2v) is 5.04. The number of hydrogen-bond donors (Lipinski definition) is 1. The third kappa shape index (κ3) is 4.94. The van der Waals surface area contributed by atoms with Crippen molar-refractivity contribution in [3.8, 4) is 0 Å². The molecule has 0 saturated heterocycles. The van der Waals surface area contributed by atoms with Gasteiger partial charge in [-0.25, -0.2) is 4.68 Å². The molecule has 1 aromatic heterocycles. The van der Waals surface area contributed by atoms with Crippen molar-refractivity contribution in [2.24, 2.45) is 0 Å². The van der Waals surface area contributed by atoms with E-state index in [1.165, 1.54) is 12.2 Å². The molecular weight excluding hydrogens is 222 g/mol. The van der Waals surface area contributed by atoms with Crippen molar-refractivity contribution in [3.05, 3.63) is 5.82 Å². The highest BCUT2D eigenvalue weighted by Gasteiger charge is 2.05. The number of hydrogen-bond acceptors (Lipinski definition) is 5. The summed E-state index contributed by atoms with van der Waals surface area (Å²) in [6.07, 6.45) is 4.49. The summed E-state index contributed by atoms with van der Waals surface area (Å²) in [6.45, 7) is 5.90. The number of nitrogens with zero attached hydrogens (tertiary/aromatic N) is 4. The highest BCUT2D eigenvalue weighted by atomic mass is 32.2. The monoisotopic (exact) mass is 243 g/mol. The summed E-state index contributed by atoms with van der Waals surface area (Å²) < 4.78 is 1.90. The first-order valence-electron chi connectivity index (χ1n) is 5.71. The molecule has 1 rings (SSSR count). The van der Waals surface area contributed by atoms with Crippen LogP contribution in [-0.4, -0.2) is 38.3 Å². The van der Waals surface area contributed by atoms with E-state index in [0.717, 1.165) is 25.3 Å². The van der Waals surface area contributed by atoms with Gasteiger partial charge in [-0.2, -0.15) is 11.8 Å². The molecule has 0 radical (unpaired) electrons. The average molecular weight is 243 g/mol. The molecule has 0 unspecified atom stereocenters. The number of rotatable bonds is 8. The second-order valence-electron chi connectivity index (χ2n) is 4.05. The Balaban J connectivity index is 2.32. The Morgan fingerprint density at radius 1 is 1.38 bits per heavy atom. The maximum Gasteiger partial charge on any atom is 0.165 e. The van der Waals surface area contributed by atoms with Crippen LogP contribution in [-0.2, 0) is 13.1 Å². The largest absolute Gasteiger partial charge is 0.308 e. The first-order valence-corrected chi connectivity index (χ1v) is 7.10. The van der Waals surface area contributed by atoms with Gasteiger partial charge in [0.25, 0.3) is 0 Å². The zero-order valence-electron chi connectivity index (χ0n) is 10.3. The minimum atomic E-state index is 0.460.